The van der Waals surface area contributed by atoms with Crippen molar-refractivity contribution in [2.45, 2.75) is 37.9 Å². The van der Waals surface area contributed by atoms with E-state index in [0.29, 0.717) is 38.5 Å². The van der Waals surface area contributed by atoms with Gasteiger partial charge in [-0.2, -0.15) is 0 Å². The Kier molecular flexibility index (Phi) is 5.60. The first-order valence-corrected chi connectivity index (χ1v) is 7.13. The first-order chi connectivity index (χ1) is 9.65. The zero-order chi connectivity index (χ0) is 14.4. The van der Waals surface area contributed by atoms with Crippen molar-refractivity contribution in [2.75, 3.05) is 26.3 Å². The van der Waals surface area contributed by atoms with Crippen LogP contribution < -0.4 is 10.6 Å². The van der Waals surface area contributed by atoms with Crippen LogP contribution >= 0.6 is 0 Å². The smallest absolute Gasteiger partial charge is 0.332 e. The minimum atomic E-state index is -0.936. The first-order valence-electron chi connectivity index (χ1n) is 7.13. The van der Waals surface area contributed by atoms with Crippen LogP contribution in [0.4, 0.5) is 4.79 Å². The normalized spacial score (nSPS) is 29.9. The van der Waals surface area contributed by atoms with Gasteiger partial charge in [0.05, 0.1) is 12.7 Å². The van der Waals surface area contributed by atoms with Gasteiger partial charge in [-0.1, -0.05) is 0 Å². The molecule has 114 valence electrons. The minimum Gasteiger partial charge on any atom is -0.479 e. The van der Waals surface area contributed by atoms with Gasteiger partial charge in [-0.15, -0.1) is 0 Å². The lowest BCUT2D eigenvalue weighted by molar-refractivity contribution is -0.149. The topological polar surface area (TPSA) is 96.9 Å². The summed E-state index contributed by atoms with van der Waals surface area (Å²) >= 11 is 0. The Morgan fingerprint density at radius 2 is 1.95 bits per heavy atom. The Morgan fingerprint density at radius 1 is 1.15 bits per heavy atom. The Bertz CT molecular complexity index is 344. The fourth-order valence-electron chi connectivity index (χ4n) is 2.51. The number of nitrogens with one attached hydrogen (secondary N) is 2. The zero-order valence-electron chi connectivity index (χ0n) is 11.5. The molecule has 0 aromatic carbocycles. The summed E-state index contributed by atoms with van der Waals surface area (Å²) in [6, 6.07) is -0.238. The van der Waals surface area contributed by atoms with E-state index in [9.17, 15) is 9.59 Å². The summed E-state index contributed by atoms with van der Waals surface area (Å²) in [5, 5.41) is 14.3. The van der Waals surface area contributed by atoms with Crippen molar-refractivity contribution in [1.29, 1.82) is 0 Å². The molecule has 2 heterocycles. The number of aliphatic carboxylic acids is 1. The zero-order valence-corrected chi connectivity index (χ0v) is 11.5. The SMILES string of the molecule is O=C(NCC1CCCOC1)NCC1CCC(C(=O)O)O1. The molecule has 0 bridgehead atoms. The van der Waals surface area contributed by atoms with Crippen molar-refractivity contribution in [3.8, 4) is 0 Å². The second-order valence-electron chi connectivity index (χ2n) is 5.34. The van der Waals surface area contributed by atoms with Crippen molar-refractivity contribution in [3.63, 3.8) is 0 Å². The fraction of sp³-hybridized carbons (Fsp3) is 0.846. The van der Waals surface area contributed by atoms with Crippen molar-refractivity contribution in [2.24, 2.45) is 5.92 Å². The number of hydrogen-bond acceptors (Lipinski definition) is 4. The van der Waals surface area contributed by atoms with Crippen LogP contribution in [0.15, 0.2) is 0 Å². The average molecular weight is 286 g/mol. The molecular formula is C13H22N2O5. The average Bonchev–Trinajstić information content (AvgIpc) is 2.93. The molecule has 3 atom stereocenters. The minimum absolute atomic E-state index is 0.208. The predicted molar refractivity (Wildman–Crippen MR) is 70.5 cm³/mol. The van der Waals surface area contributed by atoms with Gasteiger partial charge in [0.25, 0.3) is 0 Å². The molecule has 0 saturated carbocycles. The monoisotopic (exact) mass is 286 g/mol. The maximum atomic E-state index is 11.6. The van der Waals surface area contributed by atoms with Gasteiger partial charge < -0.3 is 25.2 Å². The van der Waals surface area contributed by atoms with Crippen LogP contribution in [0.3, 0.4) is 0 Å². The Hall–Kier alpha value is -1.34. The van der Waals surface area contributed by atoms with Crippen LogP contribution in [0.2, 0.25) is 0 Å². The highest BCUT2D eigenvalue weighted by molar-refractivity contribution is 5.74. The number of carboxylic acids is 1. The number of carboxylic acid groups (broad SMARTS) is 1. The second kappa shape index (κ2) is 7.44. The number of hydrogen-bond donors (Lipinski definition) is 3. The van der Waals surface area contributed by atoms with Crippen LogP contribution in [-0.2, 0) is 14.3 Å². The van der Waals surface area contributed by atoms with Gasteiger partial charge in [0.1, 0.15) is 0 Å². The number of carbonyl (C=O) groups is 2. The van der Waals surface area contributed by atoms with Crippen LogP contribution in [0.5, 0.6) is 0 Å². The lowest BCUT2D eigenvalue weighted by atomic mass is 10.0. The van der Waals surface area contributed by atoms with Gasteiger partial charge in [0.2, 0.25) is 0 Å². The van der Waals surface area contributed by atoms with Crippen molar-refractivity contribution in [3.05, 3.63) is 0 Å². The molecule has 0 aromatic heterocycles. The molecule has 3 N–H and O–H groups in total. The Balaban J connectivity index is 1.57. The number of amides is 2. The van der Waals surface area contributed by atoms with Crippen molar-refractivity contribution in [1.82, 2.24) is 10.6 Å². The van der Waals surface area contributed by atoms with Gasteiger partial charge >= 0.3 is 12.0 Å². The lowest BCUT2D eigenvalue weighted by Gasteiger charge is -2.22. The summed E-state index contributed by atoms with van der Waals surface area (Å²) in [6.07, 6.45) is 2.34. The predicted octanol–water partition coefficient (Wildman–Crippen LogP) is 0.344. The standard InChI is InChI=1S/C13H22N2O5/c16-12(17)11-4-3-10(20-11)7-15-13(18)14-6-9-2-1-5-19-8-9/h9-11H,1-8H2,(H,16,17)(H2,14,15,18). The van der Waals surface area contributed by atoms with Crippen molar-refractivity contribution < 1.29 is 24.2 Å². The number of carbonyl (C=O) groups excluding carboxylic acids is 1. The van der Waals surface area contributed by atoms with Gasteiger partial charge in [0.15, 0.2) is 6.10 Å². The van der Waals surface area contributed by atoms with Crippen LogP contribution in [0.1, 0.15) is 25.7 Å². The quantitative estimate of drug-likeness (QED) is 0.677. The Morgan fingerprint density at radius 3 is 2.60 bits per heavy atom. The molecule has 7 nitrogen and oxygen atoms in total. The first kappa shape index (κ1) is 15.1. The molecular weight excluding hydrogens is 264 g/mol. The van der Waals surface area contributed by atoms with E-state index >= 15 is 0 Å². The highest BCUT2D eigenvalue weighted by Crippen LogP contribution is 2.19. The molecule has 20 heavy (non-hydrogen) atoms. The summed E-state index contributed by atoms with van der Waals surface area (Å²) in [5.41, 5.74) is 0. The number of ether oxygens (including phenoxy) is 2. The molecule has 0 spiro atoms. The number of rotatable bonds is 5. The number of urea groups is 1. The van der Waals surface area contributed by atoms with E-state index in [4.69, 9.17) is 14.6 Å². The molecule has 2 fully saturated rings. The van der Waals surface area contributed by atoms with Crippen molar-refractivity contribution >= 4 is 12.0 Å². The van der Waals surface area contributed by atoms with E-state index in [-0.39, 0.29) is 12.1 Å². The molecule has 3 unspecified atom stereocenters. The largest absolute Gasteiger partial charge is 0.479 e. The van der Waals surface area contributed by atoms with Gasteiger partial charge in [-0.25, -0.2) is 9.59 Å². The lowest BCUT2D eigenvalue weighted by Crippen LogP contribution is -2.42. The molecule has 2 saturated heterocycles. The molecule has 7 heteroatoms. The summed E-state index contributed by atoms with van der Waals surface area (Å²) < 4.78 is 10.6. The molecule has 2 aliphatic heterocycles. The maximum absolute atomic E-state index is 11.6. The highest BCUT2D eigenvalue weighted by atomic mass is 16.5. The van der Waals surface area contributed by atoms with Crippen LogP contribution in [-0.4, -0.2) is 55.6 Å². The molecule has 0 aromatic rings. The van der Waals surface area contributed by atoms with E-state index in [2.05, 4.69) is 10.6 Å². The summed E-state index contributed by atoms with van der Waals surface area (Å²) in [7, 11) is 0. The second-order valence-corrected chi connectivity index (χ2v) is 5.34. The van der Waals surface area contributed by atoms with E-state index in [1.54, 1.807) is 0 Å². The summed E-state index contributed by atoms with van der Waals surface area (Å²) in [5.74, 6) is -0.553. The molecule has 2 rings (SSSR count). The van der Waals surface area contributed by atoms with E-state index in [1.807, 2.05) is 0 Å². The van der Waals surface area contributed by atoms with Gasteiger partial charge in [0, 0.05) is 19.7 Å². The third kappa shape index (κ3) is 4.64. The van der Waals surface area contributed by atoms with E-state index < -0.39 is 12.1 Å². The van der Waals surface area contributed by atoms with Gasteiger partial charge in [-0.3, -0.25) is 0 Å². The van der Waals surface area contributed by atoms with E-state index in [0.717, 1.165) is 19.4 Å². The highest BCUT2D eigenvalue weighted by Gasteiger charge is 2.30. The Labute approximate surface area is 118 Å². The summed E-state index contributed by atoms with van der Waals surface area (Å²) in [4.78, 5) is 22.3. The molecule has 2 amide bonds. The third-order valence-electron chi connectivity index (χ3n) is 3.68. The van der Waals surface area contributed by atoms with Crippen LogP contribution in [0.25, 0.3) is 0 Å². The maximum Gasteiger partial charge on any atom is 0.332 e. The van der Waals surface area contributed by atoms with Gasteiger partial charge in [-0.05, 0) is 31.6 Å². The molecule has 0 radical (unpaired) electrons. The molecule has 0 aliphatic carbocycles. The van der Waals surface area contributed by atoms with Crippen LogP contribution in [0, 0.1) is 5.92 Å². The van der Waals surface area contributed by atoms with E-state index in [1.165, 1.54) is 0 Å². The molecule has 2 aliphatic rings. The summed E-state index contributed by atoms with van der Waals surface area (Å²) in [6.45, 7) is 2.46. The third-order valence-corrected chi connectivity index (χ3v) is 3.68. The fourth-order valence-corrected chi connectivity index (χ4v) is 2.51.